The summed E-state index contributed by atoms with van der Waals surface area (Å²) in [5, 5.41) is 3.67. The van der Waals surface area contributed by atoms with Crippen molar-refractivity contribution in [2.24, 2.45) is 0 Å². The molecule has 1 heterocycles. The van der Waals surface area contributed by atoms with Crippen molar-refractivity contribution in [3.05, 3.63) is 65.5 Å². The molecular formula is C15H15ClN2. The van der Waals surface area contributed by atoms with Crippen molar-refractivity contribution in [3.63, 3.8) is 0 Å². The van der Waals surface area contributed by atoms with Gasteiger partial charge in [0.1, 0.15) is 0 Å². The Bertz CT molecular complexity index is 527. The minimum absolute atomic E-state index is 0.138. The van der Waals surface area contributed by atoms with E-state index in [1.165, 1.54) is 16.7 Å². The van der Waals surface area contributed by atoms with Gasteiger partial charge in [-0.2, -0.15) is 0 Å². The van der Waals surface area contributed by atoms with Crippen LogP contribution in [0.3, 0.4) is 0 Å². The van der Waals surface area contributed by atoms with Crippen LogP contribution in [0.1, 0.15) is 22.7 Å². The van der Waals surface area contributed by atoms with E-state index in [0.29, 0.717) is 0 Å². The number of fused-ring (bicyclic) bond motifs is 1. The van der Waals surface area contributed by atoms with Gasteiger partial charge in [-0.1, -0.05) is 30.3 Å². The van der Waals surface area contributed by atoms with Gasteiger partial charge in [0.2, 0.25) is 0 Å². The lowest BCUT2D eigenvalue weighted by Gasteiger charge is -2.17. The van der Waals surface area contributed by atoms with E-state index in [2.05, 4.69) is 40.6 Å². The first-order valence-electron chi connectivity index (χ1n) is 6.19. The fraction of sp³-hybridized carbons (Fsp3) is 0.267. The minimum atomic E-state index is 0.138. The number of nitrogens with zero attached hydrogens (tertiary/aromatic N) is 1. The molecule has 0 fully saturated rings. The maximum absolute atomic E-state index is 6.43. The summed E-state index contributed by atoms with van der Waals surface area (Å²) in [5.74, 6) is 0. The number of rotatable bonds is 3. The van der Waals surface area contributed by atoms with E-state index >= 15 is 0 Å². The average molecular weight is 259 g/mol. The zero-order valence-electron chi connectivity index (χ0n) is 10.0. The predicted octanol–water partition coefficient (Wildman–Crippen LogP) is 3.08. The first-order valence-corrected chi connectivity index (χ1v) is 6.62. The number of aromatic nitrogens is 1. The van der Waals surface area contributed by atoms with Crippen LogP contribution in [0.5, 0.6) is 0 Å². The van der Waals surface area contributed by atoms with Crippen molar-refractivity contribution < 1.29 is 0 Å². The Hall–Kier alpha value is -1.38. The maximum Gasteiger partial charge on any atom is 0.0571 e. The molecule has 2 nitrogen and oxygen atoms in total. The number of nitrogens with one attached hydrogen (secondary N) is 1. The summed E-state index contributed by atoms with van der Waals surface area (Å²) in [6.45, 7) is 0.802. The highest BCUT2D eigenvalue weighted by Crippen LogP contribution is 2.34. The Morgan fingerprint density at radius 2 is 2.11 bits per heavy atom. The van der Waals surface area contributed by atoms with Gasteiger partial charge < -0.3 is 5.32 Å². The van der Waals surface area contributed by atoms with Crippen LogP contribution in [0.4, 0.5) is 0 Å². The summed E-state index contributed by atoms with van der Waals surface area (Å²) in [4.78, 5) is 4.12. The molecule has 0 saturated carbocycles. The highest BCUT2D eigenvalue weighted by atomic mass is 35.5. The van der Waals surface area contributed by atoms with Crippen molar-refractivity contribution >= 4 is 11.6 Å². The van der Waals surface area contributed by atoms with E-state index in [-0.39, 0.29) is 11.4 Å². The van der Waals surface area contributed by atoms with Crippen molar-refractivity contribution in [1.82, 2.24) is 10.3 Å². The van der Waals surface area contributed by atoms with Crippen molar-refractivity contribution in [3.8, 4) is 0 Å². The lowest BCUT2D eigenvalue weighted by atomic mass is 10.1. The van der Waals surface area contributed by atoms with Crippen LogP contribution in [0.15, 0.2) is 48.8 Å². The fourth-order valence-corrected chi connectivity index (χ4v) is 2.91. The first-order chi connectivity index (χ1) is 8.84. The minimum Gasteiger partial charge on any atom is -0.305 e. The molecule has 1 aliphatic rings. The van der Waals surface area contributed by atoms with Gasteiger partial charge in [0, 0.05) is 25.0 Å². The Kier molecular flexibility index (Phi) is 3.31. The molecule has 3 heteroatoms. The Morgan fingerprint density at radius 3 is 2.94 bits per heavy atom. The average Bonchev–Trinajstić information content (AvgIpc) is 2.73. The quantitative estimate of drug-likeness (QED) is 0.856. The first kappa shape index (κ1) is 11.7. The molecule has 1 aromatic carbocycles. The third kappa shape index (κ3) is 2.26. The number of halogens is 1. The van der Waals surface area contributed by atoms with Crippen LogP contribution in [-0.2, 0) is 13.0 Å². The second-order valence-corrected chi connectivity index (χ2v) is 5.20. The van der Waals surface area contributed by atoms with Crippen LogP contribution < -0.4 is 5.32 Å². The van der Waals surface area contributed by atoms with Crippen LogP contribution in [0.2, 0.25) is 0 Å². The fourth-order valence-electron chi connectivity index (χ4n) is 2.51. The van der Waals surface area contributed by atoms with Gasteiger partial charge in [-0.3, -0.25) is 4.98 Å². The van der Waals surface area contributed by atoms with Crippen molar-refractivity contribution in [1.29, 1.82) is 0 Å². The van der Waals surface area contributed by atoms with Crippen LogP contribution in [0.25, 0.3) is 0 Å². The SMILES string of the molecule is ClC1Cc2ccccc2C1NCc1cccnc1. The van der Waals surface area contributed by atoms with E-state index in [1.807, 2.05) is 12.3 Å². The second kappa shape index (κ2) is 5.09. The van der Waals surface area contributed by atoms with Crippen molar-refractivity contribution in [2.45, 2.75) is 24.4 Å². The lowest BCUT2D eigenvalue weighted by molar-refractivity contribution is 0.535. The van der Waals surface area contributed by atoms with Gasteiger partial charge in [-0.25, -0.2) is 0 Å². The van der Waals surface area contributed by atoms with Crippen LogP contribution in [-0.4, -0.2) is 10.4 Å². The second-order valence-electron chi connectivity index (χ2n) is 4.64. The molecule has 0 amide bonds. The summed E-state index contributed by atoms with van der Waals surface area (Å²) in [5.41, 5.74) is 3.88. The highest BCUT2D eigenvalue weighted by molar-refractivity contribution is 6.21. The van der Waals surface area contributed by atoms with Gasteiger partial charge in [-0.05, 0) is 29.2 Å². The smallest absolute Gasteiger partial charge is 0.0571 e. The highest BCUT2D eigenvalue weighted by Gasteiger charge is 2.29. The lowest BCUT2D eigenvalue weighted by Crippen LogP contribution is -2.25. The number of benzene rings is 1. The van der Waals surface area contributed by atoms with Gasteiger partial charge in [0.25, 0.3) is 0 Å². The standard InChI is InChI=1S/C15H15ClN2/c16-14-8-12-5-1-2-6-13(12)15(14)18-10-11-4-3-7-17-9-11/h1-7,9,14-15,18H,8,10H2. The molecule has 2 aromatic rings. The topological polar surface area (TPSA) is 24.9 Å². The van der Waals surface area contributed by atoms with E-state index in [1.54, 1.807) is 6.20 Å². The number of pyridine rings is 1. The van der Waals surface area contributed by atoms with E-state index in [0.717, 1.165) is 13.0 Å². The molecule has 2 unspecified atom stereocenters. The molecule has 1 N–H and O–H groups in total. The molecule has 18 heavy (non-hydrogen) atoms. The van der Waals surface area contributed by atoms with Gasteiger partial charge in [-0.15, -0.1) is 11.6 Å². The molecule has 3 rings (SSSR count). The number of hydrogen-bond donors (Lipinski definition) is 1. The molecule has 1 aliphatic carbocycles. The molecule has 0 saturated heterocycles. The molecule has 0 spiro atoms. The van der Waals surface area contributed by atoms with Gasteiger partial charge in [0.05, 0.1) is 5.38 Å². The summed E-state index contributed by atoms with van der Waals surface area (Å²) in [6, 6.07) is 12.7. The molecule has 1 aromatic heterocycles. The molecule has 92 valence electrons. The zero-order valence-corrected chi connectivity index (χ0v) is 10.8. The Labute approximate surface area is 112 Å². The third-order valence-corrected chi connectivity index (χ3v) is 3.82. The molecule has 0 radical (unpaired) electrons. The monoisotopic (exact) mass is 258 g/mol. The third-order valence-electron chi connectivity index (χ3n) is 3.42. The zero-order chi connectivity index (χ0) is 12.4. The summed E-state index contributed by atoms with van der Waals surface area (Å²) >= 11 is 6.43. The van der Waals surface area contributed by atoms with Crippen LogP contribution in [0, 0.1) is 0 Å². The van der Waals surface area contributed by atoms with E-state index in [4.69, 9.17) is 11.6 Å². The van der Waals surface area contributed by atoms with E-state index < -0.39 is 0 Å². The number of hydrogen-bond acceptors (Lipinski definition) is 2. The summed E-state index contributed by atoms with van der Waals surface area (Å²) in [7, 11) is 0. The summed E-state index contributed by atoms with van der Waals surface area (Å²) in [6.07, 6.45) is 4.62. The van der Waals surface area contributed by atoms with Crippen molar-refractivity contribution in [2.75, 3.05) is 0 Å². The van der Waals surface area contributed by atoms with E-state index in [9.17, 15) is 0 Å². The Balaban J connectivity index is 1.74. The largest absolute Gasteiger partial charge is 0.305 e. The van der Waals surface area contributed by atoms with Gasteiger partial charge >= 0.3 is 0 Å². The number of alkyl halides is 1. The molecular weight excluding hydrogens is 244 g/mol. The van der Waals surface area contributed by atoms with Crippen LogP contribution >= 0.6 is 11.6 Å². The molecule has 2 atom stereocenters. The predicted molar refractivity (Wildman–Crippen MR) is 73.6 cm³/mol. The molecule has 0 aliphatic heterocycles. The summed E-state index contributed by atoms with van der Waals surface area (Å²) < 4.78 is 0. The Morgan fingerprint density at radius 1 is 1.22 bits per heavy atom. The van der Waals surface area contributed by atoms with Gasteiger partial charge in [0.15, 0.2) is 0 Å². The normalized spacial score (nSPS) is 21.8. The maximum atomic E-state index is 6.43. The molecule has 0 bridgehead atoms.